The van der Waals surface area contributed by atoms with Crippen molar-refractivity contribution in [2.24, 2.45) is 0 Å². The molecule has 0 saturated carbocycles. The maximum absolute atomic E-state index is 12.3. The molecule has 1 aromatic rings. The van der Waals surface area contributed by atoms with Gasteiger partial charge in [0, 0.05) is 18.8 Å². The van der Waals surface area contributed by atoms with Crippen LogP contribution in [0.25, 0.3) is 0 Å². The summed E-state index contributed by atoms with van der Waals surface area (Å²) in [5.41, 5.74) is 0.947. The fraction of sp³-hybridized carbons (Fsp3) is 0.533. The average molecular weight is 249 g/mol. The van der Waals surface area contributed by atoms with E-state index in [0.29, 0.717) is 6.61 Å². The van der Waals surface area contributed by atoms with Crippen LogP contribution in [0, 0.1) is 0 Å². The topological polar surface area (TPSA) is 29.5 Å². The Kier molecular flexibility index (Phi) is 6.44. The molecule has 0 saturated heterocycles. The molecule has 18 heavy (non-hydrogen) atoms. The van der Waals surface area contributed by atoms with Crippen LogP contribution in [0.15, 0.2) is 30.3 Å². The number of unbranched alkanes of at least 4 members (excludes halogenated alkanes) is 1. The van der Waals surface area contributed by atoms with E-state index in [1.54, 1.807) is 0 Å². The highest BCUT2D eigenvalue weighted by atomic mass is 16.5. The lowest BCUT2D eigenvalue weighted by molar-refractivity contribution is -0.128. The molecule has 0 aliphatic heterocycles. The fourth-order valence-electron chi connectivity index (χ4n) is 1.83. The summed E-state index contributed by atoms with van der Waals surface area (Å²) < 4.78 is 5.39. The summed E-state index contributed by atoms with van der Waals surface area (Å²) in [6.45, 7) is 7.15. The Balaban J connectivity index is 2.81. The Labute approximate surface area is 110 Å². The summed E-state index contributed by atoms with van der Waals surface area (Å²) in [6, 6.07) is 9.79. The second-order valence-electron chi connectivity index (χ2n) is 4.28. The first-order valence-electron chi connectivity index (χ1n) is 6.68. The highest BCUT2D eigenvalue weighted by Crippen LogP contribution is 2.16. The van der Waals surface area contributed by atoms with E-state index in [1.165, 1.54) is 0 Å². The lowest BCUT2D eigenvalue weighted by Crippen LogP contribution is -2.39. The van der Waals surface area contributed by atoms with Gasteiger partial charge in [-0.05, 0) is 32.4 Å². The van der Waals surface area contributed by atoms with E-state index in [4.69, 9.17) is 4.74 Å². The second kappa shape index (κ2) is 7.88. The van der Waals surface area contributed by atoms with Gasteiger partial charge in [-0.1, -0.05) is 31.5 Å². The summed E-state index contributed by atoms with van der Waals surface area (Å²) in [4.78, 5) is 14.2. The van der Waals surface area contributed by atoms with Crippen molar-refractivity contribution in [2.75, 3.05) is 18.1 Å². The first kappa shape index (κ1) is 14.7. The van der Waals surface area contributed by atoms with Crippen molar-refractivity contribution in [3.8, 4) is 0 Å². The molecule has 1 atom stereocenters. The van der Waals surface area contributed by atoms with Gasteiger partial charge < -0.3 is 9.64 Å². The molecule has 1 amide bonds. The van der Waals surface area contributed by atoms with E-state index >= 15 is 0 Å². The smallest absolute Gasteiger partial charge is 0.255 e. The number of carbonyl (C=O) groups excluding carboxylic acids is 1. The number of hydrogen-bond acceptors (Lipinski definition) is 2. The number of ether oxygens (including phenoxy) is 1. The average Bonchev–Trinajstić information content (AvgIpc) is 2.40. The van der Waals surface area contributed by atoms with Crippen molar-refractivity contribution in [3.63, 3.8) is 0 Å². The van der Waals surface area contributed by atoms with E-state index in [2.05, 4.69) is 6.92 Å². The Morgan fingerprint density at radius 1 is 1.28 bits per heavy atom. The minimum absolute atomic E-state index is 0.0384. The number of benzene rings is 1. The van der Waals surface area contributed by atoms with Crippen molar-refractivity contribution in [2.45, 2.75) is 39.7 Å². The standard InChI is InChI=1S/C15H23NO2/c1-4-6-12-16(14-10-8-7-9-11-14)15(17)13(3)18-5-2/h7-11,13H,4-6,12H2,1-3H3. The van der Waals surface area contributed by atoms with E-state index in [0.717, 1.165) is 25.1 Å². The lowest BCUT2D eigenvalue weighted by Gasteiger charge is -2.25. The SMILES string of the molecule is CCCCN(C(=O)C(C)OCC)c1ccccc1. The number of hydrogen-bond donors (Lipinski definition) is 0. The zero-order chi connectivity index (χ0) is 13.4. The van der Waals surface area contributed by atoms with Crippen molar-refractivity contribution >= 4 is 11.6 Å². The molecule has 0 radical (unpaired) electrons. The highest BCUT2D eigenvalue weighted by molar-refractivity contribution is 5.96. The third-order valence-electron chi connectivity index (χ3n) is 2.83. The molecule has 1 unspecified atom stereocenters. The summed E-state index contributed by atoms with van der Waals surface area (Å²) >= 11 is 0. The van der Waals surface area contributed by atoms with Gasteiger partial charge in [0.2, 0.25) is 0 Å². The number of para-hydroxylation sites is 1. The Morgan fingerprint density at radius 2 is 1.94 bits per heavy atom. The first-order valence-corrected chi connectivity index (χ1v) is 6.68. The molecule has 100 valence electrons. The van der Waals surface area contributed by atoms with E-state index in [1.807, 2.05) is 49.1 Å². The molecule has 1 rings (SSSR count). The molecule has 0 aliphatic carbocycles. The quantitative estimate of drug-likeness (QED) is 0.742. The third kappa shape index (κ3) is 4.15. The van der Waals surface area contributed by atoms with Crippen LogP contribution in [0.1, 0.15) is 33.6 Å². The molecule has 1 aromatic carbocycles. The van der Waals surface area contributed by atoms with Gasteiger partial charge in [-0.25, -0.2) is 0 Å². The number of nitrogens with zero attached hydrogens (tertiary/aromatic N) is 1. The van der Waals surface area contributed by atoms with Crippen LogP contribution in [-0.4, -0.2) is 25.2 Å². The number of amides is 1. The summed E-state index contributed by atoms with van der Waals surface area (Å²) in [6.07, 6.45) is 1.69. The third-order valence-corrected chi connectivity index (χ3v) is 2.83. The van der Waals surface area contributed by atoms with Crippen LogP contribution < -0.4 is 4.90 Å². The zero-order valence-electron chi connectivity index (χ0n) is 11.6. The second-order valence-corrected chi connectivity index (χ2v) is 4.28. The van der Waals surface area contributed by atoms with Crippen LogP contribution in [-0.2, 0) is 9.53 Å². The van der Waals surface area contributed by atoms with E-state index in [-0.39, 0.29) is 12.0 Å². The molecule has 0 aromatic heterocycles. The monoisotopic (exact) mass is 249 g/mol. The van der Waals surface area contributed by atoms with Gasteiger partial charge >= 0.3 is 0 Å². The summed E-state index contributed by atoms with van der Waals surface area (Å²) in [5.74, 6) is 0.0384. The fourth-order valence-corrected chi connectivity index (χ4v) is 1.83. The van der Waals surface area contributed by atoms with Crippen LogP contribution in [0.2, 0.25) is 0 Å². The molecule has 0 aliphatic rings. The van der Waals surface area contributed by atoms with Crippen LogP contribution in [0.3, 0.4) is 0 Å². The van der Waals surface area contributed by atoms with E-state index < -0.39 is 0 Å². The van der Waals surface area contributed by atoms with Gasteiger partial charge in [0.1, 0.15) is 6.10 Å². The molecular weight excluding hydrogens is 226 g/mol. The summed E-state index contributed by atoms with van der Waals surface area (Å²) in [7, 11) is 0. The van der Waals surface area contributed by atoms with Crippen LogP contribution in [0.4, 0.5) is 5.69 Å². The Bertz CT molecular complexity index is 351. The molecular formula is C15H23NO2. The van der Waals surface area contributed by atoms with Crippen molar-refractivity contribution < 1.29 is 9.53 Å². The molecule has 0 heterocycles. The number of anilines is 1. The van der Waals surface area contributed by atoms with Gasteiger partial charge in [0.05, 0.1) is 0 Å². The van der Waals surface area contributed by atoms with E-state index in [9.17, 15) is 4.79 Å². The zero-order valence-corrected chi connectivity index (χ0v) is 11.6. The normalized spacial score (nSPS) is 12.2. The lowest BCUT2D eigenvalue weighted by atomic mass is 10.2. The highest BCUT2D eigenvalue weighted by Gasteiger charge is 2.21. The Hall–Kier alpha value is -1.35. The first-order chi connectivity index (χ1) is 8.70. The minimum Gasteiger partial charge on any atom is -0.369 e. The largest absolute Gasteiger partial charge is 0.369 e. The molecule has 0 spiro atoms. The maximum Gasteiger partial charge on any atom is 0.255 e. The van der Waals surface area contributed by atoms with Gasteiger partial charge in [-0.3, -0.25) is 4.79 Å². The van der Waals surface area contributed by atoms with Gasteiger partial charge in [-0.15, -0.1) is 0 Å². The maximum atomic E-state index is 12.3. The van der Waals surface area contributed by atoms with Gasteiger partial charge in [0.15, 0.2) is 0 Å². The van der Waals surface area contributed by atoms with Crippen LogP contribution >= 0.6 is 0 Å². The van der Waals surface area contributed by atoms with Crippen molar-refractivity contribution in [1.29, 1.82) is 0 Å². The number of rotatable bonds is 7. The van der Waals surface area contributed by atoms with Crippen molar-refractivity contribution in [3.05, 3.63) is 30.3 Å². The van der Waals surface area contributed by atoms with Gasteiger partial charge in [-0.2, -0.15) is 0 Å². The molecule has 3 heteroatoms. The minimum atomic E-state index is -0.382. The summed E-state index contributed by atoms with van der Waals surface area (Å²) in [5, 5.41) is 0. The molecule has 0 bridgehead atoms. The molecule has 0 fully saturated rings. The number of carbonyl (C=O) groups is 1. The van der Waals surface area contributed by atoms with Gasteiger partial charge in [0.25, 0.3) is 5.91 Å². The molecule has 3 nitrogen and oxygen atoms in total. The van der Waals surface area contributed by atoms with Crippen LogP contribution in [0.5, 0.6) is 0 Å². The predicted molar refractivity (Wildman–Crippen MR) is 74.8 cm³/mol. The molecule has 0 N–H and O–H groups in total. The Morgan fingerprint density at radius 3 is 2.50 bits per heavy atom. The van der Waals surface area contributed by atoms with Crippen molar-refractivity contribution in [1.82, 2.24) is 0 Å². The predicted octanol–water partition coefficient (Wildman–Crippen LogP) is 3.24.